The Hall–Kier alpha value is -4.45. The lowest BCUT2D eigenvalue weighted by atomic mass is 10.0. The van der Waals surface area contributed by atoms with Gasteiger partial charge in [-0.2, -0.15) is 0 Å². The number of aromatic nitrogens is 2. The summed E-state index contributed by atoms with van der Waals surface area (Å²) in [6.07, 6.45) is 3.10. The van der Waals surface area contributed by atoms with Crippen LogP contribution in [0.15, 0.2) is 91.0 Å². The van der Waals surface area contributed by atoms with Gasteiger partial charge in [-0.3, -0.25) is 0 Å². The molecule has 0 unspecified atom stereocenters. The maximum absolute atomic E-state index is 14.5. The summed E-state index contributed by atoms with van der Waals surface area (Å²) < 4.78 is 36.2. The van der Waals surface area contributed by atoms with Crippen LogP contribution in [0.4, 0.5) is 20.4 Å². The summed E-state index contributed by atoms with van der Waals surface area (Å²) in [7, 11) is 1.62. The lowest BCUT2D eigenvalue weighted by molar-refractivity contribution is 0.0165. The average molecular weight is 508 g/mol. The second kappa shape index (κ2) is 9.45. The normalized spacial score (nSPS) is 12.9. The van der Waals surface area contributed by atoms with Gasteiger partial charge < -0.3 is 14.6 Å². The molecule has 6 rings (SSSR count). The molecule has 0 saturated carbocycles. The lowest BCUT2D eigenvalue weighted by Crippen LogP contribution is -2.13. The molecule has 0 radical (unpaired) electrons. The van der Waals surface area contributed by atoms with Gasteiger partial charge in [0.25, 0.3) is 5.92 Å². The Kier molecular flexibility index (Phi) is 5.95. The van der Waals surface area contributed by atoms with Crippen LogP contribution in [0.1, 0.15) is 34.7 Å². The Bertz CT molecular complexity index is 1660. The molecule has 1 aliphatic carbocycles. The van der Waals surface area contributed by atoms with Gasteiger partial charge in [0.05, 0.1) is 24.7 Å². The zero-order chi connectivity index (χ0) is 26.3. The van der Waals surface area contributed by atoms with E-state index in [1.807, 2.05) is 34.9 Å². The third-order valence-corrected chi connectivity index (χ3v) is 7.05. The number of benzene rings is 4. The molecular weight excluding hydrogens is 480 g/mol. The van der Waals surface area contributed by atoms with Crippen LogP contribution in [0.25, 0.3) is 22.7 Å². The van der Waals surface area contributed by atoms with Gasteiger partial charge in [-0.25, -0.2) is 13.8 Å². The maximum atomic E-state index is 14.5. The number of fused-ring (bicyclic) bond motifs is 2. The van der Waals surface area contributed by atoms with Gasteiger partial charge >= 0.3 is 0 Å². The van der Waals surface area contributed by atoms with Crippen LogP contribution in [0, 0.1) is 0 Å². The molecule has 0 saturated heterocycles. The highest BCUT2D eigenvalue weighted by Crippen LogP contribution is 2.35. The van der Waals surface area contributed by atoms with Crippen LogP contribution in [0.2, 0.25) is 0 Å². The molecule has 6 heteroatoms. The largest absolute Gasteiger partial charge is 0.497 e. The molecule has 0 amide bonds. The van der Waals surface area contributed by atoms with Crippen LogP contribution in [-0.4, -0.2) is 16.7 Å². The second-order valence-corrected chi connectivity index (χ2v) is 9.67. The topological polar surface area (TPSA) is 39.1 Å². The molecule has 0 aliphatic heterocycles. The summed E-state index contributed by atoms with van der Waals surface area (Å²) >= 11 is 0. The van der Waals surface area contributed by atoms with Crippen molar-refractivity contribution in [1.29, 1.82) is 0 Å². The van der Waals surface area contributed by atoms with Crippen molar-refractivity contribution in [3.05, 3.63) is 119 Å². The number of imidazole rings is 1. The van der Waals surface area contributed by atoms with Gasteiger partial charge in [-0.05, 0) is 70.6 Å². The molecule has 5 aromatic rings. The fourth-order valence-electron chi connectivity index (χ4n) is 5.11. The second-order valence-electron chi connectivity index (χ2n) is 9.67. The summed E-state index contributed by atoms with van der Waals surface area (Å²) in [6.45, 7) is 1.19. The number of nitrogens with zero attached hydrogens (tertiary/aromatic N) is 2. The van der Waals surface area contributed by atoms with E-state index in [1.54, 1.807) is 25.3 Å². The summed E-state index contributed by atoms with van der Waals surface area (Å²) in [5.74, 6) is -1.62. The van der Waals surface area contributed by atoms with Crippen LogP contribution >= 0.6 is 0 Å². The van der Waals surface area contributed by atoms with Crippen molar-refractivity contribution in [2.45, 2.75) is 25.8 Å². The van der Waals surface area contributed by atoms with Gasteiger partial charge in [-0.15, -0.1) is 0 Å². The van der Waals surface area contributed by atoms with Gasteiger partial charge in [0.15, 0.2) is 0 Å². The highest BCUT2D eigenvalue weighted by Gasteiger charge is 2.28. The molecular formula is C32H27F2N3O. The molecule has 4 nitrogen and oxygen atoms in total. The standard InChI is InChI=1S/C32H27F2N3O/c1-32(33,34)28-10-6-5-9-24(28)20-37-30-16-11-23(25-17-21-7-3-4-8-22(21)18-25)19-29(30)36-31(37)35-26-12-14-27(38-2)15-13-26/h3-17,19H,18,20H2,1-2H3,(H,35,36). The van der Waals surface area contributed by atoms with Crippen molar-refractivity contribution in [3.63, 3.8) is 0 Å². The van der Waals surface area contributed by atoms with Crippen molar-refractivity contribution in [2.24, 2.45) is 0 Å². The summed E-state index contributed by atoms with van der Waals surface area (Å²) in [5.41, 5.74) is 7.96. The predicted molar refractivity (Wildman–Crippen MR) is 149 cm³/mol. The maximum Gasteiger partial charge on any atom is 0.270 e. The van der Waals surface area contributed by atoms with E-state index >= 15 is 0 Å². The van der Waals surface area contributed by atoms with E-state index in [0.717, 1.165) is 41.4 Å². The number of ether oxygens (including phenoxy) is 1. The number of allylic oxidation sites excluding steroid dienone is 1. The Morgan fingerprint density at radius 1 is 0.947 bits per heavy atom. The first kappa shape index (κ1) is 23.9. The third kappa shape index (κ3) is 4.54. The zero-order valence-corrected chi connectivity index (χ0v) is 21.2. The van der Waals surface area contributed by atoms with Gasteiger partial charge in [0.2, 0.25) is 5.95 Å². The first-order valence-electron chi connectivity index (χ1n) is 12.6. The van der Waals surface area contributed by atoms with E-state index in [4.69, 9.17) is 9.72 Å². The molecule has 1 aliphatic rings. The number of rotatable bonds is 7. The highest BCUT2D eigenvalue weighted by atomic mass is 19.3. The van der Waals surface area contributed by atoms with E-state index in [-0.39, 0.29) is 12.1 Å². The average Bonchev–Trinajstić information content (AvgIpc) is 3.50. The number of methoxy groups -OCH3 is 1. The first-order valence-corrected chi connectivity index (χ1v) is 12.6. The number of alkyl halides is 2. The van der Waals surface area contributed by atoms with E-state index in [9.17, 15) is 8.78 Å². The monoisotopic (exact) mass is 507 g/mol. The SMILES string of the molecule is COc1ccc(Nc2nc3cc(C4=Cc5ccccc5C4)ccc3n2Cc2ccccc2C(C)(F)F)cc1. The van der Waals surface area contributed by atoms with Crippen molar-refractivity contribution >= 4 is 34.3 Å². The minimum atomic E-state index is -2.95. The molecule has 190 valence electrons. The molecule has 1 heterocycles. The molecule has 0 fully saturated rings. The van der Waals surface area contributed by atoms with E-state index in [0.29, 0.717) is 11.5 Å². The predicted octanol–water partition coefficient (Wildman–Crippen LogP) is 8.05. The van der Waals surface area contributed by atoms with Crippen molar-refractivity contribution in [2.75, 3.05) is 12.4 Å². The van der Waals surface area contributed by atoms with Crippen molar-refractivity contribution in [3.8, 4) is 5.75 Å². The number of hydrogen-bond donors (Lipinski definition) is 1. The summed E-state index contributed by atoms with van der Waals surface area (Å²) in [6, 6.07) is 28.9. The van der Waals surface area contributed by atoms with E-state index < -0.39 is 5.92 Å². The van der Waals surface area contributed by atoms with Crippen LogP contribution in [-0.2, 0) is 18.9 Å². The van der Waals surface area contributed by atoms with Crippen LogP contribution in [0.5, 0.6) is 5.75 Å². The van der Waals surface area contributed by atoms with E-state index in [1.165, 1.54) is 22.8 Å². The van der Waals surface area contributed by atoms with Gasteiger partial charge in [0, 0.05) is 18.2 Å². The molecule has 4 aromatic carbocycles. The molecule has 1 N–H and O–H groups in total. The molecule has 0 spiro atoms. The zero-order valence-electron chi connectivity index (χ0n) is 21.2. The Morgan fingerprint density at radius 3 is 2.47 bits per heavy atom. The summed E-state index contributed by atoms with van der Waals surface area (Å²) in [5, 5.41) is 3.39. The molecule has 38 heavy (non-hydrogen) atoms. The quantitative estimate of drug-likeness (QED) is 0.242. The highest BCUT2D eigenvalue weighted by molar-refractivity contribution is 5.92. The number of halogens is 2. The van der Waals surface area contributed by atoms with Crippen molar-refractivity contribution in [1.82, 2.24) is 9.55 Å². The minimum Gasteiger partial charge on any atom is -0.497 e. The lowest BCUT2D eigenvalue weighted by Gasteiger charge is -2.18. The minimum absolute atomic E-state index is 0.0164. The van der Waals surface area contributed by atoms with Crippen LogP contribution in [0.3, 0.4) is 0 Å². The Balaban J connectivity index is 1.43. The Labute approximate surface area is 220 Å². The fraction of sp³-hybridized carbons (Fsp3) is 0.156. The van der Waals surface area contributed by atoms with Crippen LogP contribution < -0.4 is 10.1 Å². The molecule has 1 aromatic heterocycles. The van der Waals surface area contributed by atoms with Gasteiger partial charge in [-0.1, -0.05) is 60.7 Å². The number of hydrogen-bond acceptors (Lipinski definition) is 3. The number of nitrogens with one attached hydrogen (secondary N) is 1. The fourth-order valence-corrected chi connectivity index (χ4v) is 5.11. The smallest absolute Gasteiger partial charge is 0.270 e. The van der Waals surface area contributed by atoms with Crippen molar-refractivity contribution < 1.29 is 13.5 Å². The first-order chi connectivity index (χ1) is 18.4. The molecule has 0 bridgehead atoms. The Morgan fingerprint density at radius 2 is 1.71 bits per heavy atom. The third-order valence-electron chi connectivity index (χ3n) is 7.05. The van der Waals surface area contributed by atoms with E-state index in [2.05, 4.69) is 47.8 Å². The van der Waals surface area contributed by atoms with Gasteiger partial charge in [0.1, 0.15) is 5.75 Å². The number of anilines is 2. The summed E-state index contributed by atoms with van der Waals surface area (Å²) in [4.78, 5) is 4.93. The molecule has 0 atom stereocenters.